The van der Waals surface area contributed by atoms with E-state index in [0.29, 0.717) is 12.0 Å². The van der Waals surface area contributed by atoms with E-state index in [1.807, 2.05) is 0 Å². The Bertz CT molecular complexity index is 267. The number of rotatable bonds is 3. The minimum absolute atomic E-state index is 0.375. The van der Waals surface area contributed by atoms with Gasteiger partial charge in [-0.15, -0.1) is 0 Å². The molecule has 1 aromatic heterocycles. The fraction of sp³-hybridized carbons (Fsp3) is 0.375. The van der Waals surface area contributed by atoms with Gasteiger partial charge < -0.3 is 0 Å². The minimum atomic E-state index is -0.375. The first-order chi connectivity index (χ1) is 5.74. The maximum atomic E-state index is 12.9. The van der Waals surface area contributed by atoms with Gasteiger partial charge in [0.2, 0.25) is 5.95 Å². The molecule has 1 aromatic rings. The van der Waals surface area contributed by atoms with Gasteiger partial charge in [0.25, 0.3) is 0 Å². The molecule has 1 heterocycles. The van der Waals surface area contributed by atoms with Crippen molar-refractivity contribution < 1.29 is 4.39 Å². The van der Waals surface area contributed by atoms with E-state index in [9.17, 15) is 4.39 Å². The highest BCUT2D eigenvalue weighted by Gasteiger charge is 2.02. The fourth-order valence-corrected chi connectivity index (χ4v) is 1.45. The molecule has 0 fully saturated rings. The van der Waals surface area contributed by atoms with Crippen LogP contribution >= 0.6 is 28.6 Å². The molecule has 0 amide bonds. The van der Waals surface area contributed by atoms with Crippen LogP contribution in [0, 0.1) is 5.95 Å². The second-order valence-electron chi connectivity index (χ2n) is 2.43. The van der Waals surface area contributed by atoms with Crippen molar-refractivity contribution in [2.75, 3.05) is 5.75 Å². The zero-order valence-electron chi connectivity index (χ0n) is 6.43. The molecule has 0 spiro atoms. The number of thiol groups is 1. The summed E-state index contributed by atoms with van der Waals surface area (Å²) >= 11 is 7.30. The van der Waals surface area contributed by atoms with Crippen molar-refractivity contribution in [1.29, 1.82) is 0 Å². The Balaban J connectivity index is 2.75. The van der Waals surface area contributed by atoms with E-state index in [2.05, 4.69) is 33.5 Å². The molecule has 0 aliphatic carbocycles. The average molecular weight is 250 g/mol. The first kappa shape index (κ1) is 9.99. The SMILES string of the molecule is Fc1ncc(Br)cc1CCCS. The predicted octanol–water partition coefficient (Wildman–Crippen LogP) is 2.85. The van der Waals surface area contributed by atoms with E-state index < -0.39 is 0 Å². The van der Waals surface area contributed by atoms with Crippen LogP contribution in [0.2, 0.25) is 0 Å². The Hall–Kier alpha value is -0.0900. The Morgan fingerprint density at radius 3 is 3.00 bits per heavy atom. The second-order valence-corrected chi connectivity index (χ2v) is 3.79. The number of nitrogens with zero attached hydrogens (tertiary/aromatic N) is 1. The van der Waals surface area contributed by atoms with Gasteiger partial charge in [0.1, 0.15) is 0 Å². The summed E-state index contributed by atoms with van der Waals surface area (Å²) in [6.07, 6.45) is 3.03. The van der Waals surface area contributed by atoms with Gasteiger partial charge in [0, 0.05) is 16.2 Å². The van der Waals surface area contributed by atoms with Gasteiger partial charge in [-0.05, 0) is 40.6 Å². The molecule has 0 saturated heterocycles. The zero-order chi connectivity index (χ0) is 8.97. The summed E-state index contributed by atoms with van der Waals surface area (Å²) in [7, 11) is 0. The van der Waals surface area contributed by atoms with Gasteiger partial charge in [0.15, 0.2) is 0 Å². The van der Waals surface area contributed by atoms with Crippen molar-refractivity contribution in [3.8, 4) is 0 Å². The maximum absolute atomic E-state index is 12.9. The number of pyridine rings is 1. The molecule has 66 valence electrons. The molecule has 0 radical (unpaired) electrons. The van der Waals surface area contributed by atoms with Crippen LogP contribution in [0.1, 0.15) is 12.0 Å². The van der Waals surface area contributed by atoms with Gasteiger partial charge in [-0.3, -0.25) is 0 Å². The van der Waals surface area contributed by atoms with Crippen LogP contribution in [-0.4, -0.2) is 10.7 Å². The molecule has 1 rings (SSSR count). The van der Waals surface area contributed by atoms with Gasteiger partial charge in [-0.2, -0.15) is 17.0 Å². The fourth-order valence-electron chi connectivity index (χ4n) is 0.909. The summed E-state index contributed by atoms with van der Waals surface area (Å²) in [6.45, 7) is 0. The number of aromatic nitrogens is 1. The van der Waals surface area contributed by atoms with Crippen molar-refractivity contribution >= 4 is 28.6 Å². The van der Waals surface area contributed by atoms with E-state index in [4.69, 9.17) is 0 Å². The highest BCUT2D eigenvalue weighted by Crippen LogP contribution is 2.14. The van der Waals surface area contributed by atoms with Crippen LogP contribution in [0.3, 0.4) is 0 Å². The molecule has 0 unspecified atom stereocenters. The van der Waals surface area contributed by atoms with Crippen LogP contribution in [0.15, 0.2) is 16.7 Å². The van der Waals surface area contributed by atoms with Gasteiger partial charge in [0.05, 0.1) is 0 Å². The third-order valence-electron chi connectivity index (χ3n) is 1.48. The average Bonchev–Trinajstić information content (AvgIpc) is 2.07. The predicted molar refractivity (Wildman–Crippen MR) is 54.1 cm³/mol. The molecule has 0 N–H and O–H groups in total. The Labute approximate surface area is 84.9 Å². The van der Waals surface area contributed by atoms with Gasteiger partial charge in [-0.25, -0.2) is 4.98 Å². The monoisotopic (exact) mass is 249 g/mol. The van der Waals surface area contributed by atoms with E-state index in [0.717, 1.165) is 16.6 Å². The number of halogens is 2. The van der Waals surface area contributed by atoms with Crippen LogP contribution in [0.25, 0.3) is 0 Å². The van der Waals surface area contributed by atoms with E-state index in [-0.39, 0.29) is 5.95 Å². The van der Waals surface area contributed by atoms with Crippen molar-refractivity contribution in [3.63, 3.8) is 0 Å². The molecule has 0 aliphatic rings. The molecule has 0 aromatic carbocycles. The summed E-state index contributed by atoms with van der Waals surface area (Å²) in [5, 5.41) is 0. The minimum Gasteiger partial charge on any atom is -0.227 e. The third kappa shape index (κ3) is 2.75. The number of hydrogen-bond donors (Lipinski definition) is 1. The molecular weight excluding hydrogens is 241 g/mol. The lowest BCUT2D eigenvalue weighted by Crippen LogP contribution is -1.94. The van der Waals surface area contributed by atoms with Crippen LogP contribution in [-0.2, 0) is 6.42 Å². The second kappa shape index (κ2) is 4.82. The summed E-state index contributed by atoms with van der Waals surface area (Å²) in [6, 6.07) is 1.76. The summed E-state index contributed by atoms with van der Waals surface area (Å²) in [4.78, 5) is 3.59. The lowest BCUT2D eigenvalue weighted by Gasteiger charge is -2.00. The Morgan fingerprint density at radius 1 is 1.58 bits per heavy atom. The molecule has 4 heteroatoms. The molecule has 0 aliphatic heterocycles. The smallest absolute Gasteiger partial charge is 0.216 e. The quantitative estimate of drug-likeness (QED) is 0.643. The van der Waals surface area contributed by atoms with E-state index >= 15 is 0 Å². The van der Waals surface area contributed by atoms with Crippen molar-refractivity contribution in [2.24, 2.45) is 0 Å². The van der Waals surface area contributed by atoms with Crippen LogP contribution < -0.4 is 0 Å². The molecule has 0 bridgehead atoms. The maximum Gasteiger partial charge on any atom is 0.216 e. The van der Waals surface area contributed by atoms with Crippen molar-refractivity contribution in [2.45, 2.75) is 12.8 Å². The number of hydrogen-bond acceptors (Lipinski definition) is 2. The van der Waals surface area contributed by atoms with Gasteiger partial charge in [-0.1, -0.05) is 0 Å². The normalized spacial score (nSPS) is 10.2. The van der Waals surface area contributed by atoms with Gasteiger partial charge >= 0.3 is 0 Å². The van der Waals surface area contributed by atoms with Crippen LogP contribution in [0.4, 0.5) is 4.39 Å². The molecule has 1 nitrogen and oxygen atoms in total. The van der Waals surface area contributed by atoms with Crippen molar-refractivity contribution in [1.82, 2.24) is 4.98 Å². The van der Waals surface area contributed by atoms with E-state index in [1.165, 1.54) is 6.20 Å². The standard InChI is InChI=1S/C8H9BrFNS/c9-7-4-6(2-1-3-12)8(10)11-5-7/h4-5,12H,1-3H2. The highest BCUT2D eigenvalue weighted by atomic mass is 79.9. The molecular formula is C8H9BrFNS. The first-order valence-electron chi connectivity index (χ1n) is 3.65. The Morgan fingerprint density at radius 2 is 2.33 bits per heavy atom. The zero-order valence-corrected chi connectivity index (χ0v) is 8.91. The van der Waals surface area contributed by atoms with E-state index in [1.54, 1.807) is 6.07 Å². The largest absolute Gasteiger partial charge is 0.227 e. The summed E-state index contributed by atoms with van der Waals surface area (Å²) in [5.74, 6) is 0.395. The summed E-state index contributed by atoms with van der Waals surface area (Å²) < 4.78 is 13.8. The topological polar surface area (TPSA) is 12.9 Å². The first-order valence-corrected chi connectivity index (χ1v) is 5.07. The lowest BCUT2D eigenvalue weighted by molar-refractivity contribution is 0.564. The molecule has 12 heavy (non-hydrogen) atoms. The molecule has 0 atom stereocenters. The van der Waals surface area contributed by atoms with Crippen LogP contribution in [0.5, 0.6) is 0 Å². The molecule has 0 saturated carbocycles. The van der Waals surface area contributed by atoms with Crippen molar-refractivity contribution in [3.05, 3.63) is 28.2 Å². The lowest BCUT2D eigenvalue weighted by atomic mass is 10.2. The summed E-state index contributed by atoms with van der Waals surface area (Å²) in [5.41, 5.74) is 0.651. The third-order valence-corrected chi connectivity index (χ3v) is 2.23. The highest BCUT2D eigenvalue weighted by molar-refractivity contribution is 9.10. The Kier molecular flexibility index (Phi) is 4.01. The number of aryl methyl sites for hydroxylation is 1.